The number of anilines is 1. The lowest BCUT2D eigenvalue weighted by Crippen LogP contribution is -2.21. The number of amides is 1. The minimum absolute atomic E-state index is 0.0958. The molecule has 1 aliphatic heterocycles. The number of likely N-dealkylation sites (tertiary alicyclic amines) is 1. The molecule has 112 valence electrons. The first-order valence-corrected chi connectivity index (χ1v) is 7.20. The Morgan fingerprint density at radius 1 is 1.48 bits per heavy atom. The molecule has 0 aromatic carbocycles. The van der Waals surface area contributed by atoms with E-state index in [2.05, 4.69) is 15.3 Å². The molecule has 21 heavy (non-hydrogen) atoms. The molecule has 0 bridgehead atoms. The molecule has 0 aliphatic carbocycles. The van der Waals surface area contributed by atoms with Crippen molar-refractivity contribution in [3.8, 4) is 0 Å². The van der Waals surface area contributed by atoms with Gasteiger partial charge in [-0.25, -0.2) is 0 Å². The van der Waals surface area contributed by atoms with Crippen LogP contribution in [0.1, 0.15) is 30.9 Å². The summed E-state index contributed by atoms with van der Waals surface area (Å²) in [5.41, 5.74) is 0. The van der Waals surface area contributed by atoms with Crippen molar-refractivity contribution in [1.29, 1.82) is 0 Å². The first kappa shape index (κ1) is 13.9. The van der Waals surface area contributed by atoms with E-state index in [4.69, 9.17) is 4.42 Å². The Kier molecular flexibility index (Phi) is 3.79. The summed E-state index contributed by atoms with van der Waals surface area (Å²) in [4.78, 5) is 13.4. The van der Waals surface area contributed by atoms with Crippen LogP contribution >= 0.6 is 0 Å². The molecule has 1 amide bonds. The standard InChI is InChI=1S/C15H20N4O2/c1-11-3-4-14(21-11)10-18-7-5-13(9-18)19-8-6-15(17-19)16-12(2)20/h3-4,6,8,13H,5,7,9-10H2,1-2H3,(H,16,17,20)/t13-/m0/s1. The maximum absolute atomic E-state index is 11.0. The summed E-state index contributed by atoms with van der Waals surface area (Å²) >= 11 is 0. The minimum atomic E-state index is -0.0958. The Balaban J connectivity index is 1.58. The molecule has 1 aliphatic rings. The van der Waals surface area contributed by atoms with Gasteiger partial charge in [-0.3, -0.25) is 14.4 Å². The van der Waals surface area contributed by atoms with Gasteiger partial charge >= 0.3 is 0 Å². The van der Waals surface area contributed by atoms with Crippen molar-refractivity contribution in [2.75, 3.05) is 18.4 Å². The monoisotopic (exact) mass is 288 g/mol. The van der Waals surface area contributed by atoms with Crippen molar-refractivity contribution in [1.82, 2.24) is 14.7 Å². The highest BCUT2D eigenvalue weighted by molar-refractivity contribution is 5.87. The van der Waals surface area contributed by atoms with E-state index in [1.165, 1.54) is 6.92 Å². The van der Waals surface area contributed by atoms with Crippen LogP contribution in [0.3, 0.4) is 0 Å². The molecule has 1 atom stereocenters. The Labute approximate surface area is 123 Å². The molecule has 3 heterocycles. The molecule has 3 rings (SSSR count). The molecule has 6 heteroatoms. The molecule has 0 saturated carbocycles. The molecular weight excluding hydrogens is 268 g/mol. The number of hydrogen-bond donors (Lipinski definition) is 1. The van der Waals surface area contributed by atoms with Crippen molar-refractivity contribution < 1.29 is 9.21 Å². The fourth-order valence-corrected chi connectivity index (χ4v) is 2.75. The van der Waals surface area contributed by atoms with Gasteiger partial charge in [-0.05, 0) is 25.5 Å². The van der Waals surface area contributed by atoms with Crippen molar-refractivity contribution in [3.63, 3.8) is 0 Å². The van der Waals surface area contributed by atoms with Gasteiger partial charge in [-0.1, -0.05) is 0 Å². The minimum Gasteiger partial charge on any atom is -0.465 e. The summed E-state index contributed by atoms with van der Waals surface area (Å²) in [6.45, 7) is 6.26. The summed E-state index contributed by atoms with van der Waals surface area (Å²) in [6.07, 6.45) is 2.98. The number of hydrogen-bond acceptors (Lipinski definition) is 4. The van der Waals surface area contributed by atoms with E-state index in [-0.39, 0.29) is 5.91 Å². The van der Waals surface area contributed by atoms with Crippen molar-refractivity contribution >= 4 is 11.7 Å². The number of rotatable bonds is 4. The van der Waals surface area contributed by atoms with Crippen molar-refractivity contribution in [2.45, 2.75) is 32.9 Å². The van der Waals surface area contributed by atoms with Crippen LogP contribution in [0.15, 0.2) is 28.8 Å². The zero-order valence-corrected chi connectivity index (χ0v) is 12.4. The Bertz CT molecular complexity index is 631. The predicted molar refractivity (Wildman–Crippen MR) is 78.9 cm³/mol. The van der Waals surface area contributed by atoms with Crippen LogP contribution in [0.25, 0.3) is 0 Å². The second-order valence-corrected chi connectivity index (χ2v) is 5.55. The molecule has 1 saturated heterocycles. The summed E-state index contributed by atoms with van der Waals surface area (Å²) in [5.74, 6) is 2.48. The summed E-state index contributed by atoms with van der Waals surface area (Å²) in [5, 5.41) is 7.12. The predicted octanol–water partition coefficient (Wildman–Crippen LogP) is 2.19. The van der Waals surface area contributed by atoms with Gasteiger partial charge in [0.2, 0.25) is 5.91 Å². The molecule has 2 aromatic rings. The average Bonchev–Trinajstić information content (AvgIpc) is 3.11. The zero-order valence-electron chi connectivity index (χ0n) is 12.4. The van der Waals surface area contributed by atoms with Gasteiger partial charge in [0.15, 0.2) is 5.82 Å². The number of aryl methyl sites for hydroxylation is 1. The number of furan rings is 1. The van der Waals surface area contributed by atoms with Crippen LogP contribution in [0.5, 0.6) is 0 Å². The molecule has 1 N–H and O–H groups in total. The normalized spacial score (nSPS) is 19.0. The van der Waals surface area contributed by atoms with E-state index >= 15 is 0 Å². The quantitative estimate of drug-likeness (QED) is 0.936. The smallest absolute Gasteiger partial charge is 0.222 e. The van der Waals surface area contributed by atoms with Gasteiger partial charge < -0.3 is 9.73 Å². The third kappa shape index (κ3) is 3.33. The maximum Gasteiger partial charge on any atom is 0.222 e. The average molecular weight is 288 g/mol. The van der Waals surface area contributed by atoms with E-state index in [1.807, 2.05) is 36.0 Å². The topological polar surface area (TPSA) is 63.3 Å². The highest BCUT2D eigenvalue weighted by Crippen LogP contribution is 2.23. The van der Waals surface area contributed by atoms with Gasteiger partial charge in [0.05, 0.1) is 12.6 Å². The number of aromatic nitrogens is 2. The lowest BCUT2D eigenvalue weighted by molar-refractivity contribution is -0.114. The number of carbonyl (C=O) groups excluding carboxylic acids is 1. The van der Waals surface area contributed by atoms with Gasteiger partial charge in [0.1, 0.15) is 11.5 Å². The first-order chi connectivity index (χ1) is 10.1. The summed E-state index contributed by atoms with van der Waals surface area (Å²) in [6, 6.07) is 6.21. The van der Waals surface area contributed by atoms with Crippen LogP contribution in [0, 0.1) is 6.92 Å². The maximum atomic E-state index is 11.0. The molecule has 2 aromatic heterocycles. The molecule has 0 unspecified atom stereocenters. The largest absolute Gasteiger partial charge is 0.465 e. The van der Waals surface area contributed by atoms with Gasteiger partial charge in [-0.2, -0.15) is 5.10 Å². The Hall–Kier alpha value is -2.08. The lowest BCUT2D eigenvalue weighted by Gasteiger charge is -2.14. The molecule has 1 fully saturated rings. The van der Waals surface area contributed by atoms with Crippen LogP contribution < -0.4 is 5.32 Å². The van der Waals surface area contributed by atoms with Gasteiger partial charge in [-0.15, -0.1) is 0 Å². The Morgan fingerprint density at radius 2 is 2.33 bits per heavy atom. The second-order valence-electron chi connectivity index (χ2n) is 5.55. The van der Waals surface area contributed by atoms with Crippen molar-refractivity contribution in [3.05, 3.63) is 35.9 Å². The number of nitrogens with one attached hydrogen (secondary N) is 1. The van der Waals surface area contributed by atoms with Crippen LogP contribution in [0.4, 0.5) is 5.82 Å². The van der Waals surface area contributed by atoms with Crippen LogP contribution in [0.2, 0.25) is 0 Å². The van der Waals surface area contributed by atoms with Crippen molar-refractivity contribution in [2.24, 2.45) is 0 Å². The second kappa shape index (κ2) is 5.73. The zero-order chi connectivity index (χ0) is 14.8. The number of nitrogens with zero attached hydrogens (tertiary/aromatic N) is 3. The fraction of sp³-hybridized carbons (Fsp3) is 0.467. The van der Waals surface area contributed by atoms with Crippen LogP contribution in [-0.4, -0.2) is 33.7 Å². The van der Waals surface area contributed by atoms with E-state index in [0.29, 0.717) is 11.9 Å². The Morgan fingerprint density at radius 3 is 3.05 bits per heavy atom. The fourth-order valence-electron chi connectivity index (χ4n) is 2.75. The molecule has 0 spiro atoms. The first-order valence-electron chi connectivity index (χ1n) is 7.20. The highest BCUT2D eigenvalue weighted by atomic mass is 16.3. The van der Waals surface area contributed by atoms with E-state index in [1.54, 1.807) is 0 Å². The van der Waals surface area contributed by atoms with E-state index in [9.17, 15) is 4.79 Å². The lowest BCUT2D eigenvalue weighted by atomic mass is 10.3. The SMILES string of the molecule is CC(=O)Nc1ccn([C@H]2CCN(Cc3ccc(C)o3)C2)n1. The summed E-state index contributed by atoms with van der Waals surface area (Å²) in [7, 11) is 0. The third-order valence-electron chi connectivity index (χ3n) is 3.71. The molecular formula is C15H20N4O2. The summed E-state index contributed by atoms with van der Waals surface area (Å²) < 4.78 is 7.57. The third-order valence-corrected chi connectivity index (χ3v) is 3.71. The van der Waals surface area contributed by atoms with Gasteiger partial charge in [0.25, 0.3) is 0 Å². The van der Waals surface area contributed by atoms with Crippen LogP contribution in [-0.2, 0) is 11.3 Å². The van der Waals surface area contributed by atoms with Gasteiger partial charge in [0, 0.05) is 32.3 Å². The molecule has 6 nitrogen and oxygen atoms in total. The number of carbonyl (C=O) groups is 1. The molecule has 0 radical (unpaired) electrons. The van der Waals surface area contributed by atoms with E-state index in [0.717, 1.165) is 37.6 Å². The van der Waals surface area contributed by atoms with E-state index < -0.39 is 0 Å². The highest BCUT2D eigenvalue weighted by Gasteiger charge is 2.25.